The van der Waals surface area contributed by atoms with Crippen molar-refractivity contribution < 1.29 is 13.9 Å². The average Bonchev–Trinajstić information content (AvgIpc) is 2.23. The topological polar surface area (TPSA) is 20.2 Å². The van der Waals surface area contributed by atoms with Crippen LogP contribution in [-0.4, -0.2) is 16.1 Å². The van der Waals surface area contributed by atoms with Crippen LogP contribution in [0, 0.1) is 18.6 Å². The van der Waals surface area contributed by atoms with Crippen LogP contribution in [0.1, 0.15) is 31.1 Å². The Morgan fingerprint density at radius 3 is 2.44 bits per heavy atom. The first-order chi connectivity index (χ1) is 7.43. The molecular weight excluding hydrogens is 230 g/mol. The predicted octanol–water partition coefficient (Wildman–Crippen LogP) is 3.45. The lowest BCUT2D eigenvalue weighted by Gasteiger charge is -2.14. The summed E-state index contributed by atoms with van der Waals surface area (Å²) >= 11 is 1.51. The highest BCUT2D eigenvalue weighted by Crippen LogP contribution is 2.25. The fourth-order valence-electron chi connectivity index (χ4n) is 1.29. The summed E-state index contributed by atoms with van der Waals surface area (Å²) in [4.78, 5) is 0. The van der Waals surface area contributed by atoms with E-state index in [9.17, 15) is 13.9 Å². The van der Waals surface area contributed by atoms with Crippen LogP contribution in [0.25, 0.3) is 0 Å². The van der Waals surface area contributed by atoms with Gasteiger partial charge in [0.05, 0.1) is 6.10 Å². The van der Waals surface area contributed by atoms with Crippen molar-refractivity contribution in [2.75, 3.05) is 5.75 Å². The number of hydrogen-bond donors (Lipinski definition) is 1. The van der Waals surface area contributed by atoms with E-state index in [4.69, 9.17) is 0 Å². The minimum atomic E-state index is -0.956. The minimum absolute atomic E-state index is 0.0382. The van der Waals surface area contributed by atoms with Gasteiger partial charge >= 0.3 is 0 Å². The van der Waals surface area contributed by atoms with E-state index in [1.54, 1.807) is 0 Å². The van der Waals surface area contributed by atoms with Gasteiger partial charge in [0.15, 0.2) is 11.6 Å². The Labute approximate surface area is 98.9 Å². The van der Waals surface area contributed by atoms with Crippen LogP contribution in [-0.2, 0) is 0 Å². The van der Waals surface area contributed by atoms with Gasteiger partial charge in [0, 0.05) is 11.3 Å². The fraction of sp³-hybridized carbons (Fsp3) is 0.500. The summed E-state index contributed by atoms with van der Waals surface area (Å²) in [6, 6.07) is 2.93. The SMILES string of the molecule is Cc1ccc(C(O)CSC(C)C)c(F)c1F. The molecule has 1 rings (SSSR count). The van der Waals surface area contributed by atoms with Crippen molar-refractivity contribution in [2.24, 2.45) is 0 Å². The lowest BCUT2D eigenvalue weighted by Crippen LogP contribution is -2.07. The summed E-state index contributed by atoms with van der Waals surface area (Å²) in [5.74, 6) is -1.43. The Balaban J connectivity index is 2.84. The summed E-state index contributed by atoms with van der Waals surface area (Å²) in [7, 11) is 0. The molecule has 1 N–H and O–H groups in total. The lowest BCUT2D eigenvalue weighted by atomic mass is 10.1. The van der Waals surface area contributed by atoms with E-state index in [2.05, 4.69) is 0 Å². The second-order valence-corrected chi connectivity index (χ2v) is 5.61. The summed E-state index contributed by atoms with van der Waals surface area (Å²) < 4.78 is 26.8. The molecule has 0 saturated heterocycles. The van der Waals surface area contributed by atoms with Crippen LogP contribution in [0.2, 0.25) is 0 Å². The van der Waals surface area contributed by atoms with Crippen LogP contribution < -0.4 is 0 Å². The zero-order chi connectivity index (χ0) is 12.3. The van der Waals surface area contributed by atoms with E-state index in [1.165, 1.54) is 30.8 Å². The second-order valence-electron chi connectivity index (χ2n) is 4.00. The molecule has 1 aromatic rings. The number of halogens is 2. The molecule has 0 aliphatic heterocycles. The maximum Gasteiger partial charge on any atom is 0.164 e. The van der Waals surface area contributed by atoms with Gasteiger partial charge in [0.1, 0.15) is 0 Å². The monoisotopic (exact) mass is 246 g/mol. The third-order valence-electron chi connectivity index (χ3n) is 2.25. The Hall–Kier alpha value is -0.610. The van der Waals surface area contributed by atoms with Crippen LogP contribution in [0.5, 0.6) is 0 Å². The van der Waals surface area contributed by atoms with E-state index in [0.717, 1.165) is 0 Å². The third kappa shape index (κ3) is 3.19. The summed E-state index contributed by atoms with van der Waals surface area (Å²) in [6.45, 7) is 5.48. The summed E-state index contributed by atoms with van der Waals surface area (Å²) in [5, 5.41) is 10.1. The fourth-order valence-corrected chi connectivity index (χ4v) is 2.04. The normalized spacial score (nSPS) is 13.2. The van der Waals surface area contributed by atoms with Gasteiger partial charge < -0.3 is 5.11 Å². The third-order valence-corrected chi connectivity index (χ3v) is 3.43. The molecule has 0 amide bonds. The molecule has 4 heteroatoms. The Morgan fingerprint density at radius 1 is 1.25 bits per heavy atom. The molecule has 0 spiro atoms. The highest BCUT2D eigenvalue weighted by molar-refractivity contribution is 7.99. The number of hydrogen-bond acceptors (Lipinski definition) is 2. The van der Waals surface area contributed by atoms with Crippen molar-refractivity contribution in [1.82, 2.24) is 0 Å². The molecule has 1 atom stereocenters. The number of aryl methyl sites for hydroxylation is 1. The zero-order valence-electron chi connectivity index (χ0n) is 9.63. The summed E-state index contributed by atoms with van der Waals surface area (Å²) in [6.07, 6.45) is -0.956. The van der Waals surface area contributed by atoms with Gasteiger partial charge in [-0.25, -0.2) is 8.78 Å². The second kappa shape index (κ2) is 5.64. The van der Waals surface area contributed by atoms with Crippen molar-refractivity contribution in [2.45, 2.75) is 32.1 Å². The van der Waals surface area contributed by atoms with Crippen molar-refractivity contribution in [3.05, 3.63) is 34.9 Å². The quantitative estimate of drug-likeness (QED) is 0.878. The molecule has 0 aromatic heterocycles. The number of aliphatic hydroxyl groups excluding tert-OH is 1. The molecule has 1 unspecified atom stereocenters. The highest BCUT2D eigenvalue weighted by atomic mass is 32.2. The Morgan fingerprint density at radius 2 is 1.88 bits per heavy atom. The molecular formula is C12H16F2OS. The maximum absolute atomic E-state index is 13.5. The van der Waals surface area contributed by atoms with E-state index in [1.807, 2.05) is 13.8 Å². The number of thioether (sulfide) groups is 1. The number of rotatable bonds is 4. The first-order valence-corrected chi connectivity index (χ1v) is 6.22. The first-order valence-electron chi connectivity index (χ1n) is 5.17. The molecule has 0 fully saturated rings. The smallest absolute Gasteiger partial charge is 0.164 e. The van der Waals surface area contributed by atoms with Gasteiger partial charge in [0.25, 0.3) is 0 Å². The Bertz CT molecular complexity index is 366. The van der Waals surface area contributed by atoms with Crippen molar-refractivity contribution in [3.8, 4) is 0 Å². The molecule has 1 aromatic carbocycles. The molecule has 0 radical (unpaired) electrons. The van der Waals surface area contributed by atoms with Gasteiger partial charge in [-0.3, -0.25) is 0 Å². The van der Waals surface area contributed by atoms with Crippen molar-refractivity contribution in [1.29, 1.82) is 0 Å². The van der Waals surface area contributed by atoms with Gasteiger partial charge in [-0.1, -0.05) is 26.0 Å². The number of benzene rings is 1. The van der Waals surface area contributed by atoms with E-state index < -0.39 is 17.7 Å². The molecule has 0 aliphatic carbocycles. The standard InChI is InChI=1S/C12H16F2OS/c1-7(2)16-6-10(15)9-5-4-8(3)11(13)12(9)14/h4-5,7,10,15H,6H2,1-3H3. The largest absolute Gasteiger partial charge is 0.387 e. The average molecular weight is 246 g/mol. The molecule has 90 valence electrons. The van der Waals surface area contributed by atoms with Gasteiger partial charge in [0.2, 0.25) is 0 Å². The van der Waals surface area contributed by atoms with Crippen molar-refractivity contribution in [3.63, 3.8) is 0 Å². The number of aliphatic hydroxyl groups is 1. The minimum Gasteiger partial charge on any atom is -0.387 e. The van der Waals surface area contributed by atoms with Crippen LogP contribution in [0.4, 0.5) is 8.78 Å². The summed E-state index contributed by atoms with van der Waals surface area (Å²) in [5.41, 5.74) is 0.293. The zero-order valence-corrected chi connectivity index (χ0v) is 10.4. The predicted molar refractivity (Wildman–Crippen MR) is 63.6 cm³/mol. The van der Waals surface area contributed by atoms with Gasteiger partial charge in [-0.2, -0.15) is 11.8 Å². The van der Waals surface area contributed by atoms with E-state index in [-0.39, 0.29) is 11.1 Å². The van der Waals surface area contributed by atoms with Crippen LogP contribution in [0.15, 0.2) is 12.1 Å². The van der Waals surface area contributed by atoms with Crippen LogP contribution in [0.3, 0.4) is 0 Å². The van der Waals surface area contributed by atoms with Crippen molar-refractivity contribution >= 4 is 11.8 Å². The molecule has 0 aliphatic rings. The molecule has 0 bridgehead atoms. The highest BCUT2D eigenvalue weighted by Gasteiger charge is 2.17. The van der Waals surface area contributed by atoms with E-state index >= 15 is 0 Å². The molecule has 0 saturated carbocycles. The van der Waals surface area contributed by atoms with E-state index in [0.29, 0.717) is 11.0 Å². The lowest BCUT2D eigenvalue weighted by molar-refractivity contribution is 0.197. The van der Waals surface area contributed by atoms with Crippen LogP contribution >= 0.6 is 11.8 Å². The van der Waals surface area contributed by atoms with Gasteiger partial charge in [-0.05, 0) is 17.7 Å². The maximum atomic E-state index is 13.5. The Kier molecular flexibility index (Phi) is 4.74. The van der Waals surface area contributed by atoms with Gasteiger partial charge in [-0.15, -0.1) is 0 Å². The molecule has 16 heavy (non-hydrogen) atoms. The molecule has 0 heterocycles. The molecule has 1 nitrogen and oxygen atoms in total. The first kappa shape index (κ1) is 13.5.